The van der Waals surface area contributed by atoms with E-state index >= 15 is 0 Å². The van der Waals surface area contributed by atoms with Gasteiger partial charge >= 0.3 is 5.97 Å². The fraction of sp³-hybridized carbons (Fsp3) is 0.622. The van der Waals surface area contributed by atoms with Crippen molar-refractivity contribution in [2.24, 2.45) is 11.8 Å². The molecule has 0 unspecified atom stereocenters. The van der Waals surface area contributed by atoms with Crippen molar-refractivity contribution < 1.29 is 33.8 Å². The summed E-state index contributed by atoms with van der Waals surface area (Å²) in [6.45, 7) is 12.8. The van der Waals surface area contributed by atoms with E-state index in [2.05, 4.69) is 25.4 Å². The molecule has 1 aromatic rings. The predicted molar refractivity (Wildman–Crippen MR) is 179 cm³/mol. The third kappa shape index (κ3) is 7.97. The van der Waals surface area contributed by atoms with Crippen molar-refractivity contribution >= 4 is 23.7 Å². The molecule has 258 valence electrons. The van der Waals surface area contributed by atoms with Crippen LogP contribution in [-0.4, -0.2) is 88.6 Å². The molecule has 47 heavy (non-hydrogen) atoms. The summed E-state index contributed by atoms with van der Waals surface area (Å²) in [6.07, 6.45) is 8.60. The monoisotopic (exact) mass is 651 g/mol. The van der Waals surface area contributed by atoms with Crippen molar-refractivity contribution in [3.8, 4) is 0 Å². The Hall–Kier alpha value is -3.50. The van der Waals surface area contributed by atoms with Gasteiger partial charge in [0.1, 0.15) is 17.7 Å². The van der Waals surface area contributed by atoms with Crippen LogP contribution in [0.4, 0.5) is 0 Å². The maximum absolute atomic E-state index is 14.4. The quantitative estimate of drug-likeness (QED) is 0.121. The van der Waals surface area contributed by atoms with Gasteiger partial charge in [-0.25, -0.2) is 0 Å². The molecule has 3 saturated heterocycles. The largest absolute Gasteiger partial charge is 0.455 e. The molecular formula is C37H53N3O7. The molecule has 0 radical (unpaired) electrons. The zero-order valence-corrected chi connectivity index (χ0v) is 28.1. The van der Waals surface area contributed by atoms with Crippen LogP contribution in [-0.2, 0) is 28.7 Å². The number of nitrogens with one attached hydrogen (secondary N) is 1. The highest BCUT2D eigenvalue weighted by molar-refractivity contribution is 5.98. The van der Waals surface area contributed by atoms with Gasteiger partial charge in [-0.2, -0.15) is 0 Å². The molecule has 10 heteroatoms. The summed E-state index contributed by atoms with van der Waals surface area (Å²) in [4.78, 5) is 59.0. The zero-order chi connectivity index (χ0) is 34.0. The Morgan fingerprint density at radius 1 is 1.15 bits per heavy atom. The molecule has 7 atom stereocenters. The van der Waals surface area contributed by atoms with Gasteiger partial charge in [-0.05, 0) is 51.0 Å². The Labute approximate surface area is 279 Å². The van der Waals surface area contributed by atoms with E-state index < -0.39 is 47.7 Å². The fourth-order valence-electron chi connectivity index (χ4n) is 7.60. The number of allylic oxidation sites excluding steroid dienone is 1. The van der Waals surface area contributed by atoms with Gasteiger partial charge in [0.25, 0.3) is 0 Å². The van der Waals surface area contributed by atoms with E-state index in [-0.39, 0.29) is 30.7 Å². The summed E-state index contributed by atoms with van der Waals surface area (Å²) in [5, 5.41) is 12.2. The number of hydrogen-bond donors (Lipinski definition) is 2. The molecule has 0 aliphatic carbocycles. The minimum atomic E-state index is -1.12. The van der Waals surface area contributed by atoms with Crippen LogP contribution >= 0.6 is 0 Å². The number of aliphatic hydroxyl groups is 1. The van der Waals surface area contributed by atoms with E-state index in [4.69, 9.17) is 9.47 Å². The second-order valence-corrected chi connectivity index (χ2v) is 13.1. The highest BCUT2D eigenvalue weighted by Gasteiger charge is 2.75. The number of carbonyl (C=O) groups is 4. The molecule has 3 fully saturated rings. The minimum Gasteiger partial charge on any atom is -0.455 e. The molecule has 4 rings (SSSR count). The molecule has 0 aromatic heterocycles. The van der Waals surface area contributed by atoms with Gasteiger partial charge in [0.05, 0.1) is 24.0 Å². The second kappa shape index (κ2) is 17.1. The topological polar surface area (TPSA) is 125 Å². The van der Waals surface area contributed by atoms with Crippen molar-refractivity contribution in [2.75, 3.05) is 26.2 Å². The number of aliphatic hydroxyl groups excluding tert-OH is 1. The lowest BCUT2D eigenvalue weighted by molar-refractivity contribution is -0.162. The molecule has 0 saturated carbocycles. The number of fused-ring (bicyclic) bond motifs is 1. The summed E-state index contributed by atoms with van der Waals surface area (Å²) >= 11 is 0. The van der Waals surface area contributed by atoms with Gasteiger partial charge in [-0.3, -0.25) is 19.2 Å². The Kier molecular flexibility index (Phi) is 13.2. The first-order chi connectivity index (χ1) is 22.7. The smallest absolute Gasteiger partial charge is 0.313 e. The van der Waals surface area contributed by atoms with Crippen molar-refractivity contribution in [2.45, 2.75) is 108 Å². The molecule has 3 aliphatic rings. The maximum atomic E-state index is 14.4. The van der Waals surface area contributed by atoms with Crippen molar-refractivity contribution in [1.29, 1.82) is 0 Å². The van der Waals surface area contributed by atoms with Crippen molar-refractivity contribution in [3.63, 3.8) is 0 Å². The minimum absolute atomic E-state index is 0.114. The number of esters is 1. The van der Waals surface area contributed by atoms with E-state index in [0.29, 0.717) is 51.7 Å². The third-order valence-electron chi connectivity index (χ3n) is 9.85. The first-order valence-electron chi connectivity index (χ1n) is 17.4. The predicted octanol–water partition coefficient (Wildman–Crippen LogP) is 4.48. The molecule has 10 nitrogen and oxygen atoms in total. The number of ether oxygens (including phenoxy) is 2. The SMILES string of the molecule is C=CCCC(=O)N[C@@H](C)[C@H](OC(=O)[C@@H]1[C@H]2C(=O)N(CCCCCCO)[C@H](C(=O)N(CC=C)CCCC)[C@]23CC[C@H]1O3)c1ccccc1. The molecule has 2 bridgehead atoms. The number of amides is 3. The van der Waals surface area contributed by atoms with Gasteiger partial charge in [0, 0.05) is 32.7 Å². The normalized spacial score (nSPS) is 25.6. The van der Waals surface area contributed by atoms with Gasteiger partial charge in [0.2, 0.25) is 17.7 Å². The fourth-order valence-corrected chi connectivity index (χ4v) is 7.60. The molecule has 2 N–H and O–H groups in total. The summed E-state index contributed by atoms with van der Waals surface area (Å²) in [7, 11) is 0. The number of nitrogens with zero attached hydrogens (tertiary/aromatic N) is 2. The van der Waals surface area contributed by atoms with E-state index in [1.165, 1.54) is 0 Å². The average Bonchev–Trinajstić information content (AvgIpc) is 3.71. The van der Waals surface area contributed by atoms with Crippen LogP contribution in [0, 0.1) is 11.8 Å². The van der Waals surface area contributed by atoms with Crippen LogP contribution in [0.15, 0.2) is 55.6 Å². The molecule has 1 spiro atoms. The molecular weight excluding hydrogens is 598 g/mol. The van der Waals surface area contributed by atoms with E-state index in [1.54, 1.807) is 28.9 Å². The summed E-state index contributed by atoms with van der Waals surface area (Å²) in [6, 6.07) is 7.88. The standard InChI is InChI=1S/C37H53N3O7/c1-5-8-19-29(42)38-26(4)32(27-17-13-12-14-18-27)46-36(45)30-28-20-21-37(47-28)31(30)34(43)40(24-15-10-11-16-25-41)33(37)35(44)39(22-7-3)23-9-6-2/h5,7,12-14,17-18,26,28,30-33,41H,1,3,6,8-11,15-16,19-25H2,2,4H3,(H,38,42)/t26-,28+,30-,31-,32-,33+,37-/m0/s1. The van der Waals surface area contributed by atoms with Crippen LogP contribution < -0.4 is 5.32 Å². The van der Waals surface area contributed by atoms with E-state index in [1.807, 2.05) is 30.3 Å². The summed E-state index contributed by atoms with van der Waals surface area (Å²) in [5.41, 5.74) is -0.395. The molecule has 3 aliphatic heterocycles. The Balaban J connectivity index is 1.63. The number of carbonyl (C=O) groups excluding carboxylic acids is 4. The van der Waals surface area contributed by atoms with Gasteiger partial charge in [0.15, 0.2) is 0 Å². The molecule has 1 aromatic carbocycles. The van der Waals surface area contributed by atoms with Gasteiger partial charge < -0.3 is 29.7 Å². The number of likely N-dealkylation sites (tertiary alicyclic amines) is 1. The molecule has 3 amide bonds. The average molecular weight is 652 g/mol. The summed E-state index contributed by atoms with van der Waals surface area (Å²) in [5.74, 6) is -2.86. The lowest BCUT2D eigenvalue weighted by Crippen LogP contribution is -2.56. The Morgan fingerprint density at radius 3 is 2.57 bits per heavy atom. The van der Waals surface area contributed by atoms with Crippen molar-refractivity contribution in [1.82, 2.24) is 15.1 Å². The number of hydrogen-bond acceptors (Lipinski definition) is 7. The van der Waals surface area contributed by atoms with Crippen LogP contribution in [0.25, 0.3) is 0 Å². The van der Waals surface area contributed by atoms with Gasteiger partial charge in [-0.15, -0.1) is 13.2 Å². The molecule has 3 heterocycles. The Morgan fingerprint density at radius 2 is 1.89 bits per heavy atom. The van der Waals surface area contributed by atoms with Gasteiger partial charge in [-0.1, -0.05) is 68.7 Å². The van der Waals surface area contributed by atoms with E-state index in [9.17, 15) is 24.3 Å². The van der Waals surface area contributed by atoms with Crippen molar-refractivity contribution in [3.05, 3.63) is 61.2 Å². The second-order valence-electron chi connectivity index (χ2n) is 13.1. The van der Waals surface area contributed by atoms with Crippen LogP contribution in [0.3, 0.4) is 0 Å². The highest BCUT2D eigenvalue weighted by Crippen LogP contribution is 2.59. The number of unbranched alkanes of at least 4 members (excludes halogenated alkanes) is 4. The lowest BCUT2D eigenvalue weighted by atomic mass is 9.70. The van der Waals surface area contributed by atoms with Crippen LogP contribution in [0.1, 0.15) is 89.7 Å². The highest BCUT2D eigenvalue weighted by atomic mass is 16.6. The summed E-state index contributed by atoms with van der Waals surface area (Å²) < 4.78 is 12.9. The number of benzene rings is 1. The van der Waals surface area contributed by atoms with Crippen LogP contribution in [0.2, 0.25) is 0 Å². The first-order valence-corrected chi connectivity index (χ1v) is 17.4. The van der Waals surface area contributed by atoms with Crippen LogP contribution in [0.5, 0.6) is 0 Å². The maximum Gasteiger partial charge on any atom is 0.313 e. The lowest BCUT2D eigenvalue weighted by Gasteiger charge is -2.37. The Bertz CT molecular complexity index is 1260. The first kappa shape index (κ1) is 36.3. The number of rotatable bonds is 20. The zero-order valence-electron chi connectivity index (χ0n) is 28.1. The van der Waals surface area contributed by atoms with E-state index in [0.717, 1.165) is 31.2 Å². The third-order valence-corrected chi connectivity index (χ3v) is 9.85.